The Kier molecular flexibility index (Phi) is 6.30. The molecular formula is C19H29N5OS. The Hall–Kier alpha value is -1.31. The summed E-state index contributed by atoms with van der Waals surface area (Å²) in [6, 6.07) is 4.34. The van der Waals surface area contributed by atoms with Crippen molar-refractivity contribution in [1.82, 2.24) is 24.6 Å². The Morgan fingerprint density at radius 2 is 1.81 bits per heavy atom. The Morgan fingerprint density at radius 3 is 2.58 bits per heavy atom. The number of nitrogens with zero attached hydrogens (tertiary/aromatic N) is 5. The highest BCUT2D eigenvalue weighted by atomic mass is 32.2. The summed E-state index contributed by atoms with van der Waals surface area (Å²) < 4.78 is 8.01. The second kappa shape index (κ2) is 9.06. The van der Waals surface area contributed by atoms with Gasteiger partial charge in [0.15, 0.2) is 5.09 Å². The lowest BCUT2D eigenvalue weighted by Crippen LogP contribution is -2.46. The first-order chi connectivity index (χ1) is 12.8. The van der Waals surface area contributed by atoms with E-state index in [4.69, 9.17) is 4.42 Å². The molecule has 0 radical (unpaired) electrons. The molecule has 2 aromatic heterocycles. The van der Waals surface area contributed by atoms with Crippen LogP contribution in [0.15, 0.2) is 34.3 Å². The lowest BCUT2D eigenvalue weighted by molar-refractivity contribution is 0.116. The van der Waals surface area contributed by atoms with E-state index in [0.29, 0.717) is 0 Å². The van der Waals surface area contributed by atoms with Crippen LogP contribution in [-0.2, 0) is 13.1 Å². The van der Waals surface area contributed by atoms with Crippen molar-refractivity contribution in [2.45, 2.75) is 55.5 Å². The van der Waals surface area contributed by atoms with Crippen LogP contribution in [0.25, 0.3) is 0 Å². The number of hydrogen-bond donors (Lipinski definition) is 0. The molecule has 3 heterocycles. The lowest BCUT2D eigenvalue weighted by atomic mass is 10.0. The molecule has 0 spiro atoms. The van der Waals surface area contributed by atoms with Gasteiger partial charge in [0.2, 0.25) is 0 Å². The largest absolute Gasteiger partial charge is 0.454 e. The van der Waals surface area contributed by atoms with Crippen LogP contribution in [-0.4, -0.2) is 62.5 Å². The average molecular weight is 376 g/mol. The molecule has 26 heavy (non-hydrogen) atoms. The van der Waals surface area contributed by atoms with Crippen molar-refractivity contribution in [1.29, 1.82) is 0 Å². The number of piperazine rings is 1. The number of aromatic nitrogens is 3. The molecule has 142 valence electrons. The maximum absolute atomic E-state index is 6.10. The highest BCUT2D eigenvalue weighted by Crippen LogP contribution is 2.34. The van der Waals surface area contributed by atoms with Gasteiger partial charge >= 0.3 is 0 Å². The monoisotopic (exact) mass is 375 g/mol. The van der Waals surface area contributed by atoms with Gasteiger partial charge in [-0.25, -0.2) is 4.98 Å². The summed E-state index contributed by atoms with van der Waals surface area (Å²) >= 11 is 1.95. The van der Waals surface area contributed by atoms with Gasteiger partial charge in [-0.3, -0.25) is 14.5 Å². The molecule has 2 fully saturated rings. The van der Waals surface area contributed by atoms with Gasteiger partial charge < -0.3 is 4.42 Å². The number of hydrogen-bond acceptors (Lipinski definition) is 6. The molecular weight excluding hydrogens is 346 g/mol. The second-order valence-corrected chi connectivity index (χ2v) is 8.68. The fourth-order valence-corrected chi connectivity index (χ4v) is 5.04. The van der Waals surface area contributed by atoms with Crippen LogP contribution in [0.4, 0.5) is 0 Å². The minimum atomic E-state index is 0.760. The van der Waals surface area contributed by atoms with E-state index >= 15 is 0 Å². The quantitative estimate of drug-likeness (QED) is 0.741. The van der Waals surface area contributed by atoms with Gasteiger partial charge in [0.05, 0.1) is 13.1 Å². The summed E-state index contributed by atoms with van der Waals surface area (Å²) in [6.07, 6.45) is 10.2. The predicted octanol–water partition coefficient (Wildman–Crippen LogP) is 3.11. The van der Waals surface area contributed by atoms with Crippen LogP contribution in [0, 0.1) is 0 Å². The van der Waals surface area contributed by atoms with Gasteiger partial charge in [-0.2, -0.15) is 5.10 Å². The fraction of sp³-hybridized carbons (Fsp3) is 0.684. The first-order valence-corrected chi connectivity index (χ1v) is 10.8. The minimum absolute atomic E-state index is 0.760. The van der Waals surface area contributed by atoms with E-state index < -0.39 is 0 Å². The summed E-state index contributed by atoms with van der Waals surface area (Å²) in [5, 5.41) is 6.04. The van der Waals surface area contributed by atoms with Crippen molar-refractivity contribution in [2.24, 2.45) is 0 Å². The zero-order chi connectivity index (χ0) is 17.6. The number of thioether (sulfide) groups is 1. The molecule has 0 amide bonds. The molecule has 4 rings (SSSR count). The zero-order valence-electron chi connectivity index (χ0n) is 15.4. The summed E-state index contributed by atoms with van der Waals surface area (Å²) in [5.74, 6) is 1.11. The van der Waals surface area contributed by atoms with E-state index in [1.54, 1.807) is 12.7 Å². The van der Waals surface area contributed by atoms with Crippen LogP contribution in [0.2, 0.25) is 0 Å². The molecule has 2 aliphatic rings. The maximum Gasteiger partial charge on any atom is 0.160 e. The zero-order valence-corrected chi connectivity index (χ0v) is 16.2. The maximum atomic E-state index is 6.10. The van der Waals surface area contributed by atoms with Crippen molar-refractivity contribution in [3.8, 4) is 0 Å². The van der Waals surface area contributed by atoms with Gasteiger partial charge in [-0.15, -0.1) is 0 Å². The molecule has 1 aliphatic heterocycles. The summed E-state index contributed by atoms with van der Waals surface area (Å²) in [5.41, 5.74) is 0. The van der Waals surface area contributed by atoms with Crippen molar-refractivity contribution >= 4 is 11.8 Å². The molecule has 6 nitrogen and oxygen atoms in total. The number of furan rings is 1. The fourth-order valence-electron chi connectivity index (χ4n) is 3.84. The van der Waals surface area contributed by atoms with E-state index in [0.717, 1.165) is 61.9 Å². The lowest BCUT2D eigenvalue weighted by Gasteiger charge is -2.34. The van der Waals surface area contributed by atoms with Gasteiger partial charge in [0.1, 0.15) is 18.4 Å². The smallest absolute Gasteiger partial charge is 0.160 e. The topological polar surface area (TPSA) is 50.3 Å². The molecule has 0 atom stereocenters. The molecule has 0 unspecified atom stereocenters. The van der Waals surface area contributed by atoms with Gasteiger partial charge in [0, 0.05) is 38.0 Å². The molecule has 7 heteroatoms. The van der Waals surface area contributed by atoms with Crippen LogP contribution < -0.4 is 0 Å². The summed E-state index contributed by atoms with van der Waals surface area (Å²) in [4.78, 5) is 9.00. The Morgan fingerprint density at radius 1 is 1.00 bits per heavy atom. The third-order valence-electron chi connectivity index (χ3n) is 5.43. The second-order valence-electron chi connectivity index (χ2n) is 7.37. The molecule has 0 bridgehead atoms. The third kappa shape index (κ3) is 5.11. The van der Waals surface area contributed by atoms with Gasteiger partial charge in [-0.1, -0.05) is 31.0 Å². The SMILES string of the molecule is c1ncn(CCN2CCN(Cc3ccc(SC4CCCCC4)o3)CC2)n1. The van der Waals surface area contributed by atoms with E-state index in [9.17, 15) is 0 Å². The van der Waals surface area contributed by atoms with Crippen LogP contribution >= 0.6 is 11.8 Å². The van der Waals surface area contributed by atoms with Crippen LogP contribution in [0.5, 0.6) is 0 Å². The molecule has 0 N–H and O–H groups in total. The normalized spacial score (nSPS) is 20.6. The summed E-state index contributed by atoms with van der Waals surface area (Å²) in [6.45, 7) is 7.31. The first kappa shape index (κ1) is 18.1. The summed E-state index contributed by atoms with van der Waals surface area (Å²) in [7, 11) is 0. The van der Waals surface area contributed by atoms with Crippen molar-refractivity contribution in [2.75, 3.05) is 32.7 Å². The van der Waals surface area contributed by atoms with E-state index in [2.05, 4.69) is 32.0 Å². The van der Waals surface area contributed by atoms with Crippen LogP contribution in [0.1, 0.15) is 37.9 Å². The standard InChI is InChI=1S/C19H29N5OS/c1-2-4-18(5-3-1)26-19-7-6-17(25-19)14-23-10-8-22(9-11-23)12-13-24-16-20-15-21-24/h6-7,15-16,18H,1-5,8-14H2. The van der Waals surface area contributed by atoms with E-state index in [-0.39, 0.29) is 0 Å². The minimum Gasteiger partial charge on any atom is -0.454 e. The van der Waals surface area contributed by atoms with Crippen molar-refractivity contribution < 1.29 is 4.42 Å². The van der Waals surface area contributed by atoms with Crippen molar-refractivity contribution in [3.05, 3.63) is 30.5 Å². The number of rotatable bonds is 7. The van der Waals surface area contributed by atoms with Crippen molar-refractivity contribution in [3.63, 3.8) is 0 Å². The molecule has 1 saturated carbocycles. The third-order valence-corrected chi connectivity index (χ3v) is 6.68. The van der Waals surface area contributed by atoms with Gasteiger partial charge in [-0.05, 0) is 25.0 Å². The Labute approximate surface area is 159 Å². The average Bonchev–Trinajstić information content (AvgIpc) is 3.34. The van der Waals surface area contributed by atoms with E-state index in [1.165, 1.54) is 32.1 Å². The molecule has 2 aromatic rings. The van der Waals surface area contributed by atoms with Crippen LogP contribution in [0.3, 0.4) is 0 Å². The molecule has 1 saturated heterocycles. The predicted molar refractivity (Wildman–Crippen MR) is 103 cm³/mol. The van der Waals surface area contributed by atoms with Gasteiger partial charge in [0.25, 0.3) is 0 Å². The highest BCUT2D eigenvalue weighted by Gasteiger charge is 2.19. The highest BCUT2D eigenvalue weighted by molar-refractivity contribution is 7.99. The Bertz CT molecular complexity index is 645. The molecule has 1 aliphatic carbocycles. The first-order valence-electron chi connectivity index (χ1n) is 9.88. The Balaban J connectivity index is 1.18. The van der Waals surface area contributed by atoms with E-state index in [1.807, 2.05) is 16.4 Å². The molecule has 0 aromatic carbocycles.